The third kappa shape index (κ3) is 7.09. The highest BCUT2D eigenvalue weighted by molar-refractivity contribution is 6.01. The summed E-state index contributed by atoms with van der Waals surface area (Å²) < 4.78 is 20.3. The van der Waals surface area contributed by atoms with Gasteiger partial charge in [-0.05, 0) is 119 Å². The molecule has 68 heavy (non-hydrogen) atoms. The van der Waals surface area contributed by atoms with Gasteiger partial charge in [0.05, 0.1) is 36.6 Å². The lowest BCUT2D eigenvalue weighted by Gasteiger charge is -2.35. The Morgan fingerprint density at radius 3 is 1.93 bits per heavy atom. The lowest BCUT2D eigenvalue weighted by atomic mass is 9.82. The molecular formula is C52H60N12O4. The predicted octanol–water partition coefficient (Wildman–Crippen LogP) is 6.97. The van der Waals surface area contributed by atoms with Gasteiger partial charge in [-0.3, -0.25) is 9.59 Å². The summed E-state index contributed by atoms with van der Waals surface area (Å²) in [6.45, 7) is 9.81. The fourth-order valence-electron chi connectivity index (χ4n) is 11.7. The van der Waals surface area contributed by atoms with Gasteiger partial charge < -0.3 is 48.6 Å². The molecule has 0 saturated carbocycles. The molecule has 352 valence electrons. The molecule has 0 aliphatic carbocycles. The molecule has 2 aromatic carbocycles. The topological polar surface area (TPSA) is 168 Å². The minimum absolute atomic E-state index is 0.0134. The Bertz CT molecular complexity index is 3260. The molecule has 3 aliphatic heterocycles. The molecular weight excluding hydrogens is 857 g/mol. The zero-order chi connectivity index (χ0) is 47.0. The van der Waals surface area contributed by atoms with Crippen molar-refractivity contribution in [2.24, 2.45) is 31.7 Å². The Morgan fingerprint density at radius 2 is 1.32 bits per heavy atom. The Morgan fingerprint density at radius 1 is 0.735 bits per heavy atom. The predicted molar refractivity (Wildman–Crippen MR) is 264 cm³/mol. The number of methoxy groups -OCH3 is 2. The van der Waals surface area contributed by atoms with Crippen LogP contribution >= 0.6 is 0 Å². The van der Waals surface area contributed by atoms with Gasteiger partial charge in [0.1, 0.15) is 33.8 Å². The summed E-state index contributed by atoms with van der Waals surface area (Å²) in [6.07, 6.45) is 5.63. The Balaban J connectivity index is 0.828. The minimum atomic E-state index is -0.0381. The number of nitrogens with zero attached hydrogens (tertiary/aromatic N) is 10. The van der Waals surface area contributed by atoms with E-state index in [2.05, 4.69) is 68.2 Å². The number of benzene rings is 2. The molecule has 2 amide bonds. The number of piperidine rings is 2. The van der Waals surface area contributed by atoms with E-state index >= 15 is 0 Å². The van der Waals surface area contributed by atoms with Crippen molar-refractivity contribution in [3.8, 4) is 34.5 Å². The first-order valence-corrected chi connectivity index (χ1v) is 24.2. The molecule has 9 heterocycles. The molecule has 11 rings (SSSR count). The third-order valence-electron chi connectivity index (χ3n) is 15.3. The smallest absolute Gasteiger partial charge is 0.254 e. The first-order valence-electron chi connectivity index (χ1n) is 24.2. The number of carbonyl (C=O) groups is 2. The highest BCUT2D eigenvalue weighted by Crippen LogP contribution is 2.39. The molecule has 3 aliphatic rings. The number of ether oxygens (including phenoxy) is 2. The van der Waals surface area contributed by atoms with E-state index in [1.165, 1.54) is 6.42 Å². The Hall–Kier alpha value is -6.78. The molecule has 6 aromatic heterocycles. The summed E-state index contributed by atoms with van der Waals surface area (Å²) in [5.74, 6) is 3.67. The molecule has 3 N–H and O–H groups in total. The first kappa shape index (κ1) is 43.8. The Kier molecular flexibility index (Phi) is 11.2. The Labute approximate surface area is 395 Å². The number of likely N-dealkylation sites (tertiary alicyclic amines) is 2. The fraction of sp³-hybridized carbons (Fsp3) is 0.423. The summed E-state index contributed by atoms with van der Waals surface area (Å²) in [7, 11) is 7.27. The van der Waals surface area contributed by atoms with E-state index in [4.69, 9.17) is 30.2 Å². The van der Waals surface area contributed by atoms with Crippen molar-refractivity contribution in [3.63, 3.8) is 0 Å². The summed E-state index contributed by atoms with van der Waals surface area (Å²) >= 11 is 0. The van der Waals surface area contributed by atoms with Gasteiger partial charge in [0.2, 0.25) is 0 Å². The van der Waals surface area contributed by atoms with Gasteiger partial charge in [-0.25, -0.2) is 19.9 Å². The monoisotopic (exact) mass is 916 g/mol. The number of fused-ring (bicyclic) bond motifs is 5. The number of hydrogen-bond acceptors (Lipinski definition) is 10. The van der Waals surface area contributed by atoms with Crippen LogP contribution in [-0.4, -0.2) is 119 Å². The van der Waals surface area contributed by atoms with Crippen molar-refractivity contribution in [1.82, 2.24) is 53.3 Å². The highest BCUT2D eigenvalue weighted by Gasteiger charge is 2.36. The number of amides is 2. The molecule has 3 atom stereocenters. The van der Waals surface area contributed by atoms with Crippen molar-refractivity contribution >= 4 is 55.9 Å². The second kappa shape index (κ2) is 17.4. The maximum atomic E-state index is 14.3. The summed E-state index contributed by atoms with van der Waals surface area (Å²) in [6, 6.07) is 20.4. The van der Waals surface area contributed by atoms with E-state index in [9.17, 15) is 9.59 Å². The van der Waals surface area contributed by atoms with Crippen LogP contribution in [-0.2, 0) is 27.2 Å². The third-order valence-corrected chi connectivity index (χ3v) is 15.3. The number of aromatic nitrogens is 8. The normalized spacial score (nSPS) is 18.3. The number of nitrogens with two attached hydrogens (primary N) is 1. The van der Waals surface area contributed by atoms with Crippen LogP contribution in [0.2, 0.25) is 0 Å². The minimum Gasteiger partial charge on any atom is -0.494 e. The van der Waals surface area contributed by atoms with Gasteiger partial charge >= 0.3 is 0 Å². The standard InChI is InChI=1S/C52H60N12O4/c1-7-63-41(24-32-10-9-17-55-47(32)63)49-57-38-22-34(26-43(67-5)45(38)59(49)3)51(65)61-19-14-30(15-20-61)36(28-53)37-12-11-33-25-42(64(8-2)48(33)56-37)50-58-39-23-35(27-44(68-6)46(39)60(50)4)52(66)62-21-16-31-13-18-54-40(31)29-62/h9-12,17,22-27,30-31,36,40,54H,7-8,13-16,18-21,28-29,53H2,1-6H3. The average molecular weight is 917 g/mol. The van der Waals surface area contributed by atoms with E-state index in [1.807, 2.05) is 65.0 Å². The molecule has 3 saturated heterocycles. The summed E-state index contributed by atoms with van der Waals surface area (Å²) in [5, 5.41) is 5.65. The van der Waals surface area contributed by atoms with Crippen molar-refractivity contribution in [2.75, 3.05) is 53.5 Å². The van der Waals surface area contributed by atoms with Crippen LogP contribution in [0, 0.1) is 11.8 Å². The quantitative estimate of drug-likeness (QED) is 0.138. The van der Waals surface area contributed by atoms with E-state index < -0.39 is 0 Å². The zero-order valence-corrected chi connectivity index (χ0v) is 39.8. The van der Waals surface area contributed by atoms with Crippen molar-refractivity contribution in [2.45, 2.75) is 64.6 Å². The van der Waals surface area contributed by atoms with Gasteiger partial charge in [0.15, 0.2) is 11.6 Å². The lowest BCUT2D eigenvalue weighted by Crippen LogP contribution is -2.48. The number of nitrogens with one attached hydrogen (secondary N) is 1. The van der Waals surface area contributed by atoms with Gasteiger partial charge in [0.25, 0.3) is 11.8 Å². The zero-order valence-electron chi connectivity index (χ0n) is 39.8. The van der Waals surface area contributed by atoms with Crippen molar-refractivity contribution < 1.29 is 19.1 Å². The van der Waals surface area contributed by atoms with Crippen molar-refractivity contribution in [1.29, 1.82) is 0 Å². The van der Waals surface area contributed by atoms with Crippen LogP contribution in [0.3, 0.4) is 0 Å². The fourth-order valence-corrected chi connectivity index (χ4v) is 11.7. The van der Waals surface area contributed by atoms with E-state index in [0.717, 1.165) is 107 Å². The van der Waals surface area contributed by atoms with Crippen LogP contribution < -0.4 is 20.5 Å². The largest absolute Gasteiger partial charge is 0.494 e. The molecule has 3 fully saturated rings. The van der Waals surface area contributed by atoms with Crippen LogP contribution in [0.4, 0.5) is 0 Å². The first-order chi connectivity index (χ1) is 33.1. The molecule has 0 bridgehead atoms. The maximum absolute atomic E-state index is 14.3. The molecule has 8 aromatic rings. The SMILES string of the molecule is CCn1c(-c2nc3cc(C(=O)N4CCC(C(CN)c5ccc6cc(-c7nc8cc(C(=O)N9CCC%10CCNC%10C9)cc(OC)c8n7C)n(CC)c6n5)CC4)cc(OC)c3n2C)cc2cccnc21. The number of pyridine rings is 2. The van der Waals surface area contributed by atoms with Gasteiger partial charge in [0, 0.05) is 106 Å². The second-order valence-electron chi connectivity index (χ2n) is 18.8. The number of hydrogen-bond donors (Lipinski definition) is 2. The number of rotatable bonds is 11. The molecule has 16 heteroatoms. The molecule has 0 spiro atoms. The van der Waals surface area contributed by atoms with E-state index in [1.54, 1.807) is 14.2 Å². The molecule has 0 radical (unpaired) electrons. The summed E-state index contributed by atoms with van der Waals surface area (Å²) in [4.78, 5) is 52.3. The van der Waals surface area contributed by atoms with Crippen molar-refractivity contribution in [3.05, 3.63) is 83.7 Å². The molecule has 16 nitrogen and oxygen atoms in total. The number of aryl methyl sites for hydroxylation is 4. The van der Waals surface area contributed by atoms with E-state index in [0.29, 0.717) is 71.8 Å². The van der Waals surface area contributed by atoms with Crippen LogP contribution in [0.15, 0.2) is 66.9 Å². The number of carbonyl (C=O) groups excluding carboxylic acids is 2. The molecule has 3 unspecified atom stereocenters. The lowest BCUT2D eigenvalue weighted by molar-refractivity contribution is 0.0665. The second-order valence-corrected chi connectivity index (χ2v) is 18.8. The van der Waals surface area contributed by atoms with Gasteiger partial charge in [-0.15, -0.1) is 0 Å². The average Bonchev–Trinajstić information content (AvgIpc) is 4.21. The maximum Gasteiger partial charge on any atom is 0.254 e. The van der Waals surface area contributed by atoms with Crippen LogP contribution in [0.1, 0.15) is 71.9 Å². The van der Waals surface area contributed by atoms with Crippen LogP contribution in [0.5, 0.6) is 11.5 Å². The van der Waals surface area contributed by atoms with E-state index in [-0.39, 0.29) is 23.7 Å². The van der Waals surface area contributed by atoms with Gasteiger partial charge in [-0.1, -0.05) is 0 Å². The summed E-state index contributed by atoms with van der Waals surface area (Å²) in [5.41, 5.74) is 15.5. The van der Waals surface area contributed by atoms with Gasteiger partial charge in [-0.2, -0.15) is 0 Å². The van der Waals surface area contributed by atoms with Crippen LogP contribution in [0.25, 0.3) is 67.2 Å². The number of imidazole rings is 2. The highest BCUT2D eigenvalue weighted by atomic mass is 16.5.